The van der Waals surface area contributed by atoms with Crippen molar-refractivity contribution in [3.8, 4) is 5.75 Å². The quantitative estimate of drug-likeness (QED) is 0.500. The Hall–Kier alpha value is -3.01. The summed E-state index contributed by atoms with van der Waals surface area (Å²) in [7, 11) is 1.42. The van der Waals surface area contributed by atoms with Crippen molar-refractivity contribution in [3.05, 3.63) is 24.0 Å². The number of amides is 1. The molecule has 0 spiro atoms. The smallest absolute Gasteiger partial charge is 0.244 e. The van der Waals surface area contributed by atoms with Crippen molar-refractivity contribution < 1.29 is 13.9 Å². The predicted octanol–water partition coefficient (Wildman–Crippen LogP) is 4.18. The standard InChI is InChI=1S/C24H34FN7O2/c1-3-32-13-7-10-19(32)21(33)28-24-30-22(26-15-16-8-5-4-6-9-16)29-23(31-24)27-17-11-12-20(34-2)18(25)14-17/h11-12,14,16,19H,3-10,13,15H2,1-2H3,(H3,26,27,28,29,30,31,33). The highest BCUT2D eigenvalue weighted by Gasteiger charge is 2.30. The normalized spacial score (nSPS) is 19.1. The van der Waals surface area contributed by atoms with Crippen molar-refractivity contribution in [2.24, 2.45) is 5.92 Å². The Balaban J connectivity index is 1.52. The third-order valence-electron chi connectivity index (χ3n) is 6.62. The molecule has 2 aliphatic rings. The average Bonchev–Trinajstić information content (AvgIpc) is 3.33. The second-order valence-corrected chi connectivity index (χ2v) is 8.94. The Morgan fingerprint density at radius 2 is 1.85 bits per heavy atom. The van der Waals surface area contributed by atoms with Crippen LogP contribution < -0.4 is 20.7 Å². The lowest BCUT2D eigenvalue weighted by Crippen LogP contribution is -2.39. The minimum Gasteiger partial charge on any atom is -0.494 e. The molecule has 1 unspecified atom stereocenters. The van der Waals surface area contributed by atoms with Gasteiger partial charge < -0.3 is 15.4 Å². The highest BCUT2D eigenvalue weighted by molar-refractivity contribution is 5.93. The van der Waals surface area contributed by atoms with Crippen molar-refractivity contribution in [2.45, 2.75) is 57.9 Å². The Labute approximate surface area is 199 Å². The maximum atomic E-state index is 14.2. The molecule has 1 aliphatic heterocycles. The van der Waals surface area contributed by atoms with Gasteiger partial charge in [-0.15, -0.1) is 0 Å². The lowest BCUT2D eigenvalue weighted by atomic mass is 9.89. The number of anilines is 4. The summed E-state index contributed by atoms with van der Waals surface area (Å²) in [6.45, 7) is 4.55. The van der Waals surface area contributed by atoms with Gasteiger partial charge in [0.2, 0.25) is 23.8 Å². The summed E-state index contributed by atoms with van der Waals surface area (Å²) in [6.07, 6.45) is 7.96. The van der Waals surface area contributed by atoms with E-state index in [1.165, 1.54) is 51.3 Å². The van der Waals surface area contributed by atoms with E-state index in [9.17, 15) is 9.18 Å². The number of hydrogen-bond donors (Lipinski definition) is 3. The van der Waals surface area contributed by atoms with Gasteiger partial charge in [0.15, 0.2) is 11.6 Å². The minimum atomic E-state index is -0.494. The molecule has 3 N–H and O–H groups in total. The largest absolute Gasteiger partial charge is 0.494 e. The van der Waals surface area contributed by atoms with E-state index in [1.807, 2.05) is 0 Å². The Bertz CT molecular complexity index is 984. The first kappa shape index (κ1) is 24.1. The molecular weight excluding hydrogens is 437 g/mol. The molecule has 4 rings (SSSR count). The number of halogens is 1. The number of carbonyl (C=O) groups excluding carboxylic acids is 1. The van der Waals surface area contributed by atoms with Gasteiger partial charge in [0.1, 0.15) is 0 Å². The molecule has 1 aromatic heterocycles. The maximum Gasteiger partial charge on any atom is 0.244 e. The summed E-state index contributed by atoms with van der Waals surface area (Å²) in [5.41, 5.74) is 0.466. The van der Waals surface area contributed by atoms with Crippen LogP contribution in [0.1, 0.15) is 51.9 Å². The summed E-state index contributed by atoms with van der Waals surface area (Å²) in [5.74, 6) is 0.890. The van der Waals surface area contributed by atoms with Gasteiger partial charge in [-0.3, -0.25) is 15.0 Å². The summed E-state index contributed by atoms with van der Waals surface area (Å²) in [6, 6.07) is 4.33. The summed E-state index contributed by atoms with van der Waals surface area (Å²) < 4.78 is 19.1. The van der Waals surface area contributed by atoms with Gasteiger partial charge in [-0.2, -0.15) is 15.0 Å². The van der Waals surface area contributed by atoms with E-state index >= 15 is 0 Å². The van der Waals surface area contributed by atoms with Crippen molar-refractivity contribution >= 4 is 29.4 Å². The summed E-state index contributed by atoms with van der Waals surface area (Å²) in [5, 5.41) is 9.20. The van der Waals surface area contributed by atoms with E-state index in [1.54, 1.807) is 6.07 Å². The maximum absolute atomic E-state index is 14.2. The number of rotatable bonds is 9. The Morgan fingerprint density at radius 3 is 2.59 bits per heavy atom. The predicted molar refractivity (Wildman–Crippen MR) is 130 cm³/mol. The molecule has 34 heavy (non-hydrogen) atoms. The van der Waals surface area contributed by atoms with Crippen LogP contribution in [0.5, 0.6) is 5.75 Å². The molecule has 1 saturated carbocycles. The molecule has 1 atom stereocenters. The number of likely N-dealkylation sites (N-methyl/N-ethyl adjacent to an activating group) is 1. The van der Waals surface area contributed by atoms with Crippen LogP contribution in [0.3, 0.4) is 0 Å². The molecule has 184 valence electrons. The Morgan fingerprint density at radius 1 is 1.09 bits per heavy atom. The van der Waals surface area contributed by atoms with E-state index in [2.05, 4.69) is 42.7 Å². The lowest BCUT2D eigenvalue weighted by Gasteiger charge is -2.22. The third-order valence-corrected chi connectivity index (χ3v) is 6.62. The number of nitrogens with zero attached hydrogens (tertiary/aromatic N) is 4. The molecule has 1 aromatic carbocycles. The van der Waals surface area contributed by atoms with Crippen LogP contribution in [0.4, 0.5) is 27.9 Å². The zero-order valence-corrected chi connectivity index (χ0v) is 19.9. The number of methoxy groups -OCH3 is 1. The monoisotopic (exact) mass is 471 g/mol. The summed E-state index contributed by atoms with van der Waals surface area (Å²) in [4.78, 5) is 28.4. The van der Waals surface area contributed by atoms with Crippen molar-refractivity contribution in [1.82, 2.24) is 19.9 Å². The van der Waals surface area contributed by atoms with Crippen molar-refractivity contribution in [2.75, 3.05) is 42.7 Å². The van der Waals surface area contributed by atoms with Gasteiger partial charge in [-0.1, -0.05) is 26.2 Å². The van der Waals surface area contributed by atoms with Gasteiger partial charge in [0, 0.05) is 18.3 Å². The molecule has 10 heteroatoms. The number of benzene rings is 1. The molecule has 1 saturated heterocycles. The topological polar surface area (TPSA) is 104 Å². The number of hydrogen-bond acceptors (Lipinski definition) is 8. The molecule has 9 nitrogen and oxygen atoms in total. The summed E-state index contributed by atoms with van der Waals surface area (Å²) >= 11 is 0. The second-order valence-electron chi connectivity index (χ2n) is 8.94. The molecule has 1 aliphatic carbocycles. The Kier molecular flexibility index (Phi) is 8.10. The number of ether oxygens (including phenoxy) is 1. The number of aromatic nitrogens is 3. The van der Waals surface area contributed by atoms with E-state index < -0.39 is 5.82 Å². The van der Waals surface area contributed by atoms with Gasteiger partial charge in [0.25, 0.3) is 0 Å². The van der Waals surface area contributed by atoms with Crippen LogP contribution in [0, 0.1) is 11.7 Å². The fourth-order valence-electron chi connectivity index (χ4n) is 4.76. The van der Waals surface area contributed by atoms with Crippen LogP contribution in [-0.2, 0) is 4.79 Å². The van der Waals surface area contributed by atoms with Crippen LogP contribution in [0.2, 0.25) is 0 Å². The fourth-order valence-corrected chi connectivity index (χ4v) is 4.76. The van der Waals surface area contributed by atoms with Gasteiger partial charge >= 0.3 is 0 Å². The third kappa shape index (κ3) is 6.11. The van der Waals surface area contributed by atoms with Crippen LogP contribution in [0.25, 0.3) is 0 Å². The van der Waals surface area contributed by atoms with E-state index in [0.717, 1.165) is 32.5 Å². The van der Waals surface area contributed by atoms with Crippen LogP contribution >= 0.6 is 0 Å². The SMILES string of the molecule is CCN1CCCC1C(=O)Nc1nc(NCC2CCCCC2)nc(Nc2ccc(OC)c(F)c2)n1. The van der Waals surface area contributed by atoms with E-state index in [4.69, 9.17) is 4.74 Å². The average molecular weight is 472 g/mol. The first-order valence-corrected chi connectivity index (χ1v) is 12.2. The fraction of sp³-hybridized carbons (Fsp3) is 0.583. The van der Waals surface area contributed by atoms with Crippen LogP contribution in [-0.4, -0.2) is 58.5 Å². The van der Waals surface area contributed by atoms with Crippen molar-refractivity contribution in [3.63, 3.8) is 0 Å². The first-order chi connectivity index (χ1) is 16.6. The molecule has 2 fully saturated rings. The number of likely N-dealkylation sites (tertiary alicyclic amines) is 1. The zero-order chi connectivity index (χ0) is 23.9. The molecule has 0 bridgehead atoms. The second kappa shape index (κ2) is 11.4. The zero-order valence-electron chi connectivity index (χ0n) is 19.9. The highest BCUT2D eigenvalue weighted by Crippen LogP contribution is 2.25. The molecule has 2 aromatic rings. The molecular formula is C24H34FN7O2. The van der Waals surface area contributed by atoms with Gasteiger partial charge in [-0.05, 0) is 56.8 Å². The minimum absolute atomic E-state index is 0.120. The van der Waals surface area contributed by atoms with Crippen LogP contribution in [0.15, 0.2) is 18.2 Å². The first-order valence-electron chi connectivity index (χ1n) is 12.2. The molecule has 2 heterocycles. The van der Waals surface area contributed by atoms with Gasteiger partial charge in [0.05, 0.1) is 13.2 Å². The molecule has 1 amide bonds. The number of carbonyl (C=O) groups is 1. The molecule has 0 radical (unpaired) electrons. The van der Waals surface area contributed by atoms with E-state index in [-0.39, 0.29) is 29.6 Å². The number of nitrogens with one attached hydrogen (secondary N) is 3. The lowest BCUT2D eigenvalue weighted by molar-refractivity contribution is -0.120. The van der Waals surface area contributed by atoms with Gasteiger partial charge in [-0.25, -0.2) is 4.39 Å². The highest BCUT2D eigenvalue weighted by atomic mass is 19.1. The van der Waals surface area contributed by atoms with Crippen molar-refractivity contribution in [1.29, 1.82) is 0 Å². The van der Waals surface area contributed by atoms with E-state index in [0.29, 0.717) is 17.6 Å².